The average Bonchev–Trinajstić information content (AvgIpc) is 2.79. The zero-order valence-electron chi connectivity index (χ0n) is 19.8. The molecule has 0 unspecified atom stereocenters. The molecule has 11 heteroatoms. The van der Waals surface area contributed by atoms with E-state index < -0.39 is 34.7 Å². The Kier molecular flexibility index (Phi) is 9.62. The largest absolute Gasteiger partial charge is 0.480 e. The molecule has 8 nitrogen and oxygen atoms in total. The van der Waals surface area contributed by atoms with Crippen LogP contribution in [-0.4, -0.2) is 81.0 Å². The van der Waals surface area contributed by atoms with Gasteiger partial charge in [0.05, 0.1) is 0 Å². The standard InChI is InChI=1S/C23H34N4O4S3/c1-23(2)19(25-11-16(24)13-33-34-23)21(29)27-12-15-7-5-4-6-14(15)10-18(27)20(28)26-17(22(30)31)8-9-32-3/h4-7,16-19,25H,8-13,24H2,1-3H3,(H,26,28)(H,30,31)/t16-,17+,18+,19-/m1/s1. The molecule has 0 aliphatic carbocycles. The molecule has 5 N–H and O–H groups in total. The van der Waals surface area contributed by atoms with Crippen molar-refractivity contribution in [2.75, 3.05) is 24.3 Å². The molecule has 0 saturated carbocycles. The van der Waals surface area contributed by atoms with Gasteiger partial charge in [-0.25, -0.2) is 4.79 Å². The molecule has 1 saturated heterocycles. The summed E-state index contributed by atoms with van der Waals surface area (Å²) < 4.78 is -0.429. The first kappa shape index (κ1) is 27.2. The van der Waals surface area contributed by atoms with E-state index in [-0.39, 0.29) is 11.9 Å². The number of rotatable bonds is 7. The summed E-state index contributed by atoms with van der Waals surface area (Å²) in [4.78, 5) is 40.7. The number of carbonyl (C=O) groups excluding carboxylic acids is 2. The van der Waals surface area contributed by atoms with Crippen molar-refractivity contribution in [2.24, 2.45) is 5.73 Å². The smallest absolute Gasteiger partial charge is 0.326 e. The number of hydrogen-bond acceptors (Lipinski definition) is 8. The maximum atomic E-state index is 14.0. The van der Waals surface area contributed by atoms with E-state index in [2.05, 4.69) is 10.6 Å². The summed E-state index contributed by atoms with van der Waals surface area (Å²) in [6.45, 7) is 4.85. The fourth-order valence-electron chi connectivity index (χ4n) is 4.20. The molecule has 2 amide bonds. The van der Waals surface area contributed by atoms with Crippen LogP contribution in [0.5, 0.6) is 0 Å². The number of nitrogens with zero attached hydrogens (tertiary/aromatic N) is 1. The number of carbonyl (C=O) groups is 3. The summed E-state index contributed by atoms with van der Waals surface area (Å²) in [7, 11) is 3.28. The number of nitrogens with two attached hydrogens (primary N) is 1. The highest BCUT2D eigenvalue weighted by atomic mass is 33.1. The Labute approximate surface area is 213 Å². The zero-order chi connectivity index (χ0) is 24.9. The van der Waals surface area contributed by atoms with Crippen LogP contribution in [0, 0.1) is 0 Å². The van der Waals surface area contributed by atoms with Gasteiger partial charge in [-0.3, -0.25) is 9.59 Å². The predicted octanol–water partition coefficient (Wildman–Crippen LogP) is 1.72. The molecule has 188 valence electrons. The molecule has 1 aromatic rings. The van der Waals surface area contributed by atoms with E-state index >= 15 is 0 Å². The van der Waals surface area contributed by atoms with Crippen LogP contribution in [0.25, 0.3) is 0 Å². The van der Waals surface area contributed by atoms with Gasteiger partial charge < -0.3 is 26.4 Å². The molecule has 2 aliphatic rings. The maximum absolute atomic E-state index is 14.0. The van der Waals surface area contributed by atoms with Crippen molar-refractivity contribution in [2.45, 2.75) is 62.1 Å². The van der Waals surface area contributed by atoms with Gasteiger partial charge in [0.1, 0.15) is 18.1 Å². The zero-order valence-corrected chi connectivity index (χ0v) is 22.2. The normalized spacial score (nSPS) is 25.4. The molecule has 0 radical (unpaired) electrons. The minimum atomic E-state index is -1.07. The molecule has 3 rings (SSSR count). The fourth-order valence-corrected chi connectivity index (χ4v) is 7.54. The molecule has 4 atom stereocenters. The maximum Gasteiger partial charge on any atom is 0.326 e. The van der Waals surface area contributed by atoms with E-state index in [0.717, 1.165) is 16.9 Å². The first-order chi connectivity index (χ1) is 16.1. The first-order valence-corrected chi connectivity index (χ1v) is 15.0. The Morgan fingerprint density at radius 3 is 2.71 bits per heavy atom. The Bertz CT molecular complexity index is 901. The third-order valence-electron chi connectivity index (χ3n) is 6.14. The number of nitrogens with one attached hydrogen (secondary N) is 2. The highest BCUT2D eigenvalue weighted by molar-refractivity contribution is 8.77. The van der Waals surface area contributed by atoms with Crippen molar-refractivity contribution in [3.8, 4) is 0 Å². The van der Waals surface area contributed by atoms with Crippen LogP contribution < -0.4 is 16.4 Å². The van der Waals surface area contributed by atoms with Crippen molar-refractivity contribution >= 4 is 51.1 Å². The monoisotopic (exact) mass is 526 g/mol. The minimum Gasteiger partial charge on any atom is -0.480 e. The second kappa shape index (κ2) is 12.0. The van der Waals surface area contributed by atoms with E-state index in [0.29, 0.717) is 31.7 Å². The molecule has 1 aromatic carbocycles. The van der Waals surface area contributed by atoms with Gasteiger partial charge in [0.25, 0.3) is 0 Å². The number of benzene rings is 1. The summed E-state index contributed by atoms with van der Waals surface area (Å²) in [5.74, 6) is -0.266. The van der Waals surface area contributed by atoms with E-state index in [9.17, 15) is 19.5 Å². The number of amides is 2. The van der Waals surface area contributed by atoms with Crippen molar-refractivity contribution in [3.63, 3.8) is 0 Å². The van der Waals surface area contributed by atoms with Gasteiger partial charge in [0.15, 0.2) is 0 Å². The summed E-state index contributed by atoms with van der Waals surface area (Å²) in [6, 6.07) is 5.39. The quantitative estimate of drug-likeness (QED) is 0.393. The van der Waals surface area contributed by atoms with Crippen molar-refractivity contribution in [1.29, 1.82) is 0 Å². The number of hydrogen-bond donors (Lipinski definition) is 4. The molecule has 0 bridgehead atoms. The third-order valence-corrected chi connectivity index (χ3v) is 10.2. The summed E-state index contributed by atoms with van der Waals surface area (Å²) in [5, 5.41) is 15.6. The highest BCUT2D eigenvalue weighted by Gasteiger charge is 2.44. The van der Waals surface area contributed by atoms with Gasteiger partial charge in [-0.1, -0.05) is 45.9 Å². The summed E-state index contributed by atoms with van der Waals surface area (Å²) in [5.41, 5.74) is 8.15. The Hall–Kier alpha value is -1.40. The summed E-state index contributed by atoms with van der Waals surface area (Å²) in [6.07, 6.45) is 2.56. The van der Waals surface area contributed by atoms with Gasteiger partial charge in [-0.15, -0.1) is 0 Å². The van der Waals surface area contributed by atoms with Crippen LogP contribution in [0.2, 0.25) is 0 Å². The predicted molar refractivity (Wildman–Crippen MR) is 141 cm³/mol. The fraction of sp³-hybridized carbons (Fsp3) is 0.609. The second-order valence-electron chi connectivity index (χ2n) is 9.21. The lowest BCUT2D eigenvalue weighted by atomic mass is 9.91. The van der Waals surface area contributed by atoms with E-state index in [4.69, 9.17) is 5.73 Å². The van der Waals surface area contributed by atoms with Gasteiger partial charge in [0, 0.05) is 36.1 Å². The van der Waals surface area contributed by atoms with E-state index in [1.54, 1.807) is 26.5 Å². The SMILES string of the molecule is CSCC[C@H](NC(=O)[C@@H]1Cc2ccccc2CN1C(=O)[C@H]1NC[C@@H](N)CSSC1(C)C)C(=O)O. The average molecular weight is 527 g/mol. The van der Waals surface area contributed by atoms with Crippen molar-refractivity contribution in [1.82, 2.24) is 15.5 Å². The highest BCUT2D eigenvalue weighted by Crippen LogP contribution is 2.40. The number of carboxylic acids is 1. The molecule has 2 aliphatic heterocycles. The van der Waals surface area contributed by atoms with Crippen LogP contribution in [0.1, 0.15) is 31.4 Å². The van der Waals surface area contributed by atoms with Crippen LogP contribution in [-0.2, 0) is 27.3 Å². The molecular weight excluding hydrogens is 492 g/mol. The number of fused-ring (bicyclic) bond motifs is 1. The lowest BCUT2D eigenvalue weighted by Gasteiger charge is -2.42. The van der Waals surface area contributed by atoms with Crippen molar-refractivity contribution in [3.05, 3.63) is 35.4 Å². The molecule has 0 spiro atoms. The number of thioether (sulfide) groups is 1. The molecule has 0 aromatic heterocycles. The Balaban J connectivity index is 1.89. The topological polar surface area (TPSA) is 125 Å². The van der Waals surface area contributed by atoms with Crippen LogP contribution in [0.15, 0.2) is 24.3 Å². The van der Waals surface area contributed by atoms with Crippen LogP contribution >= 0.6 is 33.3 Å². The van der Waals surface area contributed by atoms with E-state index in [1.807, 2.05) is 44.4 Å². The van der Waals surface area contributed by atoms with E-state index in [1.165, 1.54) is 11.8 Å². The van der Waals surface area contributed by atoms with Gasteiger partial charge >= 0.3 is 5.97 Å². The molecule has 34 heavy (non-hydrogen) atoms. The Morgan fingerprint density at radius 1 is 1.32 bits per heavy atom. The van der Waals surface area contributed by atoms with Crippen molar-refractivity contribution < 1.29 is 19.5 Å². The lowest BCUT2D eigenvalue weighted by molar-refractivity contribution is -0.146. The van der Waals surface area contributed by atoms with Crippen LogP contribution in [0.4, 0.5) is 0 Å². The number of carboxylic acid groups (broad SMARTS) is 1. The molecule has 2 heterocycles. The summed E-state index contributed by atoms with van der Waals surface area (Å²) >= 11 is 1.53. The lowest BCUT2D eigenvalue weighted by Crippen LogP contribution is -2.63. The van der Waals surface area contributed by atoms with Gasteiger partial charge in [0.2, 0.25) is 11.8 Å². The first-order valence-electron chi connectivity index (χ1n) is 11.3. The molecular formula is C23H34N4O4S3. The minimum absolute atomic E-state index is 0.0714. The van der Waals surface area contributed by atoms with Gasteiger partial charge in [-0.2, -0.15) is 11.8 Å². The molecule has 1 fully saturated rings. The van der Waals surface area contributed by atoms with Crippen LogP contribution in [0.3, 0.4) is 0 Å². The second-order valence-corrected chi connectivity index (χ2v) is 13.2. The Morgan fingerprint density at radius 2 is 2.03 bits per heavy atom. The third kappa shape index (κ3) is 6.63. The van der Waals surface area contributed by atoms with Gasteiger partial charge in [-0.05, 0) is 43.4 Å². The number of aliphatic carboxylic acids is 1.